The Balaban J connectivity index is 0.00000243. The van der Waals surface area contributed by atoms with Crippen molar-refractivity contribution in [1.29, 1.82) is 0 Å². The molecule has 3 rings (SSSR count). The lowest BCUT2D eigenvalue weighted by molar-refractivity contribution is 0.0531. The molecule has 1 aromatic rings. The summed E-state index contributed by atoms with van der Waals surface area (Å²) in [6.07, 6.45) is 7.11. The van der Waals surface area contributed by atoms with E-state index in [0.717, 1.165) is 50.1 Å². The van der Waals surface area contributed by atoms with Gasteiger partial charge in [0.15, 0.2) is 5.96 Å². The molecule has 1 aromatic carbocycles. The van der Waals surface area contributed by atoms with E-state index in [1.165, 1.54) is 31.2 Å². The molecule has 146 valence electrons. The van der Waals surface area contributed by atoms with E-state index in [4.69, 9.17) is 21.3 Å². The van der Waals surface area contributed by atoms with Gasteiger partial charge in [0.25, 0.3) is 0 Å². The third-order valence-corrected chi connectivity index (χ3v) is 5.70. The topological polar surface area (TPSA) is 45.7 Å². The molecule has 0 aromatic heterocycles. The molecular formula is C20H31ClIN3O. The van der Waals surface area contributed by atoms with Crippen molar-refractivity contribution in [2.75, 3.05) is 26.3 Å². The van der Waals surface area contributed by atoms with Crippen molar-refractivity contribution in [3.8, 4) is 0 Å². The number of benzene rings is 1. The zero-order valence-corrected chi connectivity index (χ0v) is 18.7. The molecule has 1 heterocycles. The summed E-state index contributed by atoms with van der Waals surface area (Å²) in [5, 5.41) is 7.82. The maximum atomic E-state index is 6.26. The number of hydrogen-bond donors (Lipinski definition) is 2. The molecule has 0 radical (unpaired) electrons. The van der Waals surface area contributed by atoms with Crippen molar-refractivity contribution < 1.29 is 4.74 Å². The summed E-state index contributed by atoms with van der Waals surface area (Å²) in [6, 6.07) is 8.83. The van der Waals surface area contributed by atoms with E-state index in [9.17, 15) is 0 Å². The van der Waals surface area contributed by atoms with Gasteiger partial charge in [-0.1, -0.05) is 36.6 Å². The van der Waals surface area contributed by atoms with Crippen LogP contribution in [0, 0.1) is 0 Å². The van der Waals surface area contributed by atoms with E-state index in [2.05, 4.69) is 29.7 Å². The molecule has 6 heteroatoms. The largest absolute Gasteiger partial charge is 0.381 e. The third-order valence-electron chi connectivity index (χ3n) is 5.47. The number of nitrogens with one attached hydrogen (secondary N) is 2. The first kappa shape index (κ1) is 21.8. The number of hydrogen-bond acceptors (Lipinski definition) is 2. The van der Waals surface area contributed by atoms with Crippen molar-refractivity contribution in [2.24, 2.45) is 4.99 Å². The Labute approximate surface area is 179 Å². The summed E-state index contributed by atoms with van der Waals surface area (Å²) in [7, 11) is 0. The molecule has 0 atom stereocenters. The molecule has 2 fully saturated rings. The third kappa shape index (κ3) is 5.73. The number of nitrogens with zero attached hydrogens (tertiary/aromatic N) is 1. The van der Waals surface area contributed by atoms with Crippen LogP contribution in [0.1, 0.15) is 51.0 Å². The standard InChI is InChI=1S/C20H30ClN3O.HI/c1-2-22-19(24-18-8-3-4-9-18)23-15-20(10-12-25-13-11-20)16-6-5-7-17(21)14-16;/h5-7,14,18H,2-4,8-13,15H2,1H3,(H2,22,23,24);1H. The minimum Gasteiger partial charge on any atom is -0.381 e. The molecule has 0 unspecified atom stereocenters. The highest BCUT2D eigenvalue weighted by Crippen LogP contribution is 2.36. The number of aliphatic imine (C=N–C) groups is 1. The van der Waals surface area contributed by atoms with Gasteiger partial charge in [-0.3, -0.25) is 4.99 Å². The second kappa shape index (κ2) is 10.7. The van der Waals surface area contributed by atoms with Crippen LogP contribution in [-0.4, -0.2) is 38.3 Å². The maximum Gasteiger partial charge on any atom is 0.191 e. The molecule has 26 heavy (non-hydrogen) atoms. The van der Waals surface area contributed by atoms with Gasteiger partial charge in [0.1, 0.15) is 0 Å². The average molecular weight is 492 g/mol. The van der Waals surface area contributed by atoms with Gasteiger partial charge in [0, 0.05) is 36.2 Å². The molecule has 1 aliphatic heterocycles. The molecule has 0 spiro atoms. The zero-order valence-electron chi connectivity index (χ0n) is 15.6. The second-order valence-electron chi connectivity index (χ2n) is 7.22. The lowest BCUT2D eigenvalue weighted by atomic mass is 9.74. The van der Waals surface area contributed by atoms with Crippen LogP contribution < -0.4 is 10.6 Å². The Morgan fingerprint density at radius 1 is 1.27 bits per heavy atom. The van der Waals surface area contributed by atoms with Crippen molar-refractivity contribution in [3.63, 3.8) is 0 Å². The van der Waals surface area contributed by atoms with Crippen LogP contribution in [0.4, 0.5) is 0 Å². The average Bonchev–Trinajstić information content (AvgIpc) is 3.14. The van der Waals surface area contributed by atoms with Gasteiger partial charge in [-0.05, 0) is 50.3 Å². The number of ether oxygens (including phenoxy) is 1. The quantitative estimate of drug-likeness (QED) is 0.362. The van der Waals surface area contributed by atoms with Crippen LogP contribution in [-0.2, 0) is 10.2 Å². The van der Waals surface area contributed by atoms with Crippen LogP contribution in [0.2, 0.25) is 5.02 Å². The predicted octanol–water partition coefficient (Wildman–Crippen LogP) is 4.50. The van der Waals surface area contributed by atoms with E-state index in [-0.39, 0.29) is 29.4 Å². The van der Waals surface area contributed by atoms with E-state index < -0.39 is 0 Å². The van der Waals surface area contributed by atoms with Crippen LogP contribution >= 0.6 is 35.6 Å². The zero-order chi connectivity index (χ0) is 17.5. The Bertz CT molecular complexity index is 584. The second-order valence-corrected chi connectivity index (χ2v) is 7.66. The number of halogens is 2. The Morgan fingerprint density at radius 3 is 2.65 bits per heavy atom. The summed E-state index contributed by atoms with van der Waals surface area (Å²) in [5.74, 6) is 0.947. The van der Waals surface area contributed by atoms with Crippen molar-refractivity contribution >= 4 is 41.5 Å². The van der Waals surface area contributed by atoms with Gasteiger partial charge in [-0.15, -0.1) is 24.0 Å². The molecule has 1 saturated heterocycles. The Kier molecular flexibility index (Phi) is 8.97. The lowest BCUT2D eigenvalue weighted by Crippen LogP contribution is -2.44. The van der Waals surface area contributed by atoms with Gasteiger partial charge in [-0.25, -0.2) is 0 Å². The monoisotopic (exact) mass is 491 g/mol. The highest BCUT2D eigenvalue weighted by molar-refractivity contribution is 14.0. The molecule has 4 nitrogen and oxygen atoms in total. The van der Waals surface area contributed by atoms with Gasteiger partial charge in [0.05, 0.1) is 6.54 Å². The first-order valence-electron chi connectivity index (χ1n) is 9.60. The summed E-state index contributed by atoms with van der Waals surface area (Å²) in [4.78, 5) is 4.97. The maximum absolute atomic E-state index is 6.26. The summed E-state index contributed by atoms with van der Waals surface area (Å²) < 4.78 is 5.63. The summed E-state index contributed by atoms with van der Waals surface area (Å²) in [5.41, 5.74) is 1.30. The fourth-order valence-corrected chi connectivity index (χ4v) is 4.12. The number of guanidine groups is 1. The molecule has 0 bridgehead atoms. The highest BCUT2D eigenvalue weighted by Gasteiger charge is 2.34. The van der Waals surface area contributed by atoms with E-state index in [1.807, 2.05) is 12.1 Å². The predicted molar refractivity (Wildman–Crippen MR) is 120 cm³/mol. The van der Waals surface area contributed by atoms with Gasteiger partial charge in [-0.2, -0.15) is 0 Å². The fourth-order valence-electron chi connectivity index (χ4n) is 3.93. The fraction of sp³-hybridized carbons (Fsp3) is 0.650. The molecular weight excluding hydrogens is 461 g/mol. The minimum atomic E-state index is 0. The van der Waals surface area contributed by atoms with Crippen LogP contribution in [0.25, 0.3) is 0 Å². The molecule has 2 aliphatic rings. The Hall–Kier alpha value is -0.530. The highest BCUT2D eigenvalue weighted by atomic mass is 127. The smallest absolute Gasteiger partial charge is 0.191 e. The SMILES string of the molecule is CCNC(=NCC1(c2cccc(Cl)c2)CCOCC1)NC1CCCC1.I. The molecule has 1 saturated carbocycles. The molecule has 1 aliphatic carbocycles. The van der Waals surface area contributed by atoms with Gasteiger partial charge >= 0.3 is 0 Å². The van der Waals surface area contributed by atoms with E-state index in [1.54, 1.807) is 0 Å². The van der Waals surface area contributed by atoms with E-state index in [0.29, 0.717) is 6.04 Å². The lowest BCUT2D eigenvalue weighted by Gasteiger charge is -2.37. The van der Waals surface area contributed by atoms with Crippen molar-refractivity contribution in [2.45, 2.75) is 56.9 Å². The first-order chi connectivity index (χ1) is 12.2. The normalized spacial score (nSPS) is 20.5. The van der Waals surface area contributed by atoms with Crippen molar-refractivity contribution in [1.82, 2.24) is 10.6 Å². The van der Waals surface area contributed by atoms with Gasteiger partial charge < -0.3 is 15.4 Å². The van der Waals surface area contributed by atoms with Gasteiger partial charge in [0.2, 0.25) is 0 Å². The molecule has 2 N–H and O–H groups in total. The summed E-state index contributed by atoms with van der Waals surface area (Å²) in [6.45, 7) is 5.33. The van der Waals surface area contributed by atoms with Crippen LogP contribution in [0.5, 0.6) is 0 Å². The minimum absolute atomic E-state index is 0. The van der Waals surface area contributed by atoms with E-state index >= 15 is 0 Å². The van der Waals surface area contributed by atoms with Crippen LogP contribution in [0.15, 0.2) is 29.3 Å². The van der Waals surface area contributed by atoms with Crippen molar-refractivity contribution in [3.05, 3.63) is 34.9 Å². The molecule has 0 amide bonds. The Morgan fingerprint density at radius 2 is 2.00 bits per heavy atom. The first-order valence-corrected chi connectivity index (χ1v) is 9.98. The summed E-state index contributed by atoms with van der Waals surface area (Å²) >= 11 is 6.26. The number of rotatable bonds is 5. The van der Waals surface area contributed by atoms with Crippen LogP contribution in [0.3, 0.4) is 0 Å².